The number of rotatable bonds is 13. The van der Waals surface area contributed by atoms with Crippen molar-refractivity contribution >= 4 is 105 Å². The molecule has 0 spiro atoms. The normalized spacial score (nSPS) is 11.1. The second-order valence-electron chi connectivity index (χ2n) is 25.0. The highest BCUT2D eigenvalue weighted by Crippen LogP contribution is 2.41. The monoisotopic (exact) mass is 1410 g/mol. The van der Waals surface area contributed by atoms with Gasteiger partial charge < -0.3 is 36.9 Å². The molecule has 0 bridgehead atoms. The van der Waals surface area contributed by atoms with Gasteiger partial charge in [0.05, 0.1) is 50.7 Å². The Morgan fingerprint density at radius 2 is 0.617 bits per heavy atom. The second kappa shape index (κ2) is 31.4. The Labute approximate surface area is 623 Å². The summed E-state index contributed by atoms with van der Waals surface area (Å²) in [7, 11) is 0. The van der Waals surface area contributed by atoms with Crippen LogP contribution < -0.4 is 4.74 Å². The summed E-state index contributed by atoms with van der Waals surface area (Å²) < 4.78 is 27.6. The van der Waals surface area contributed by atoms with Gasteiger partial charge in [-0.2, -0.15) is 0 Å². The van der Waals surface area contributed by atoms with Gasteiger partial charge in [-0.1, -0.05) is 245 Å². The highest BCUT2D eigenvalue weighted by atomic mass is 35.5. The van der Waals surface area contributed by atoms with Crippen LogP contribution in [0.5, 0.6) is 11.5 Å². The van der Waals surface area contributed by atoms with Crippen molar-refractivity contribution < 1.29 is 18.7 Å². The number of halogens is 1. The summed E-state index contributed by atoms with van der Waals surface area (Å²) >= 11 is 5.00. The lowest BCUT2D eigenvalue weighted by Crippen LogP contribution is -2.00. The molecule has 0 fully saturated rings. The number of nitrogens with zero attached hydrogens (tertiary/aromatic N) is 8. The standard InChI is InChI=1S/C40H28N4O2.C38H24N4O2.C8H8.C6H8.C2H5Cl/c1-2-45-30-13-11-12-26(24-30)39-41-42-40(46-39)27-22-28(43-35-18-7-3-14-31(35)32-15-4-8-19-36(32)43)25-29(23-27)44-37-20-9-5-16-33(37)34-17-6-10-21-38(34)44;43-28-11-9-10-24(22-28)37-39-40-38(44-37)25-20-26(41-33-16-5-1-12-29(33)30-13-2-6-17-34(30)41)23-27(21-25)42-35-18-7-3-14-31(35)32-15-4-8-19-36(32)42;1-2-8-6-4-3-5-7-8;1-3-5-6-4-2;1-2-3/h3-25H,2H2,1H3;1-23,43H;2-7H,1H2;3-6H,1-2H2;2H2,1H3/b;;;6-5-;. The molecule has 6 heterocycles. The van der Waals surface area contributed by atoms with E-state index in [1.54, 1.807) is 30.4 Å². The average molecular weight is 1410 g/mol. The lowest BCUT2D eigenvalue weighted by molar-refractivity contribution is 0.340. The van der Waals surface area contributed by atoms with Crippen LogP contribution in [0.15, 0.2) is 362 Å². The number of phenols is 1. The average Bonchev–Trinajstić information content (AvgIpc) is 1.60. The first-order chi connectivity index (χ1) is 52.7. The number of hydrogen-bond donors (Lipinski definition) is 1. The van der Waals surface area contributed by atoms with Gasteiger partial charge >= 0.3 is 0 Å². The van der Waals surface area contributed by atoms with Crippen LogP contribution in [0, 0.1) is 0 Å². The van der Waals surface area contributed by atoms with E-state index in [0.717, 1.165) is 95.2 Å². The number of benzene rings is 13. The summed E-state index contributed by atoms with van der Waals surface area (Å²) in [6.07, 6.45) is 8.91. The molecule has 19 rings (SSSR count). The highest BCUT2D eigenvalue weighted by molar-refractivity contribution is 6.17. The van der Waals surface area contributed by atoms with Crippen molar-refractivity contribution in [2.75, 3.05) is 12.5 Å². The number of phenolic OH excluding ortho intramolecular Hbond substituents is 1. The number of alkyl halides is 1. The second-order valence-corrected chi connectivity index (χ2v) is 25.6. The van der Waals surface area contributed by atoms with E-state index in [9.17, 15) is 5.11 Å². The number of fused-ring (bicyclic) bond motifs is 12. The van der Waals surface area contributed by atoms with Crippen LogP contribution in [0.2, 0.25) is 0 Å². The van der Waals surface area contributed by atoms with Crippen molar-refractivity contribution in [1.82, 2.24) is 38.7 Å². The molecule has 0 unspecified atom stereocenters. The molecular formula is C94H73ClN8O4. The van der Waals surface area contributed by atoms with Crippen molar-refractivity contribution in [2.45, 2.75) is 13.8 Å². The Morgan fingerprint density at radius 3 is 0.897 bits per heavy atom. The fourth-order valence-electron chi connectivity index (χ4n) is 13.9. The maximum absolute atomic E-state index is 10.0. The number of aromatic hydroxyl groups is 1. The van der Waals surface area contributed by atoms with Crippen molar-refractivity contribution in [2.24, 2.45) is 0 Å². The first kappa shape index (κ1) is 68.9. The summed E-state index contributed by atoms with van der Waals surface area (Å²) in [6.45, 7) is 15.0. The maximum Gasteiger partial charge on any atom is 0.248 e. The molecule has 0 saturated carbocycles. The third-order valence-electron chi connectivity index (χ3n) is 18.4. The third-order valence-corrected chi connectivity index (χ3v) is 18.4. The lowest BCUT2D eigenvalue weighted by Gasteiger charge is -2.14. The van der Waals surface area contributed by atoms with Gasteiger partial charge in [0.2, 0.25) is 23.6 Å². The SMILES string of the molecule is C=C/C=C\C=C.C=Cc1ccccc1.CCCl.CCOc1cccc(-c2nnc(-c3cc(-n4c5ccccc5c5ccccc54)cc(-n4c5ccccc5c5ccccc54)c3)o2)c1.Oc1cccc(-c2nnc(-c3cc(-n4c5ccccc5c5ccccc54)cc(-n4c5ccccc5c5ccccc54)c3)o2)c1. The molecule has 12 nitrogen and oxygen atoms in total. The highest BCUT2D eigenvalue weighted by Gasteiger charge is 2.23. The molecule has 19 aromatic rings. The Morgan fingerprint density at radius 1 is 0.336 bits per heavy atom. The van der Waals surface area contributed by atoms with Gasteiger partial charge in [-0.25, -0.2) is 0 Å². The van der Waals surface area contributed by atoms with Crippen molar-refractivity contribution in [3.8, 4) is 80.1 Å². The summed E-state index contributed by atoms with van der Waals surface area (Å²) in [5.74, 6) is 3.26. The van der Waals surface area contributed by atoms with Crippen molar-refractivity contribution in [3.63, 3.8) is 0 Å². The topological polar surface area (TPSA) is 127 Å². The van der Waals surface area contributed by atoms with E-state index in [4.69, 9.17) is 25.2 Å². The van der Waals surface area contributed by atoms with Crippen LogP contribution in [-0.2, 0) is 0 Å². The number of para-hydroxylation sites is 8. The van der Waals surface area contributed by atoms with E-state index in [1.807, 2.05) is 92.7 Å². The molecule has 0 aliphatic carbocycles. The summed E-state index contributed by atoms with van der Waals surface area (Å²) in [6, 6.07) is 106. The van der Waals surface area contributed by atoms with Gasteiger partial charge in [0, 0.05) is 94.0 Å². The van der Waals surface area contributed by atoms with E-state index in [0.29, 0.717) is 35.7 Å². The van der Waals surface area contributed by atoms with Gasteiger partial charge in [-0.3, -0.25) is 0 Å². The molecule has 0 atom stereocenters. The van der Waals surface area contributed by atoms with Crippen LogP contribution in [0.1, 0.15) is 19.4 Å². The number of aromatic nitrogens is 8. The molecule has 0 aliphatic rings. The van der Waals surface area contributed by atoms with Crippen molar-refractivity contribution in [1.29, 1.82) is 0 Å². The summed E-state index contributed by atoms with van der Waals surface area (Å²) in [4.78, 5) is 0. The molecular weight excluding hydrogens is 1340 g/mol. The Bertz CT molecular complexity index is 5980. The fraction of sp³-hybridized carbons (Fsp3) is 0.0426. The number of hydrogen-bond acceptors (Lipinski definition) is 8. The van der Waals surface area contributed by atoms with E-state index in [-0.39, 0.29) is 5.75 Å². The van der Waals surface area contributed by atoms with Crippen LogP contribution >= 0.6 is 11.6 Å². The molecule has 0 radical (unpaired) electrons. The first-order valence-corrected chi connectivity index (χ1v) is 35.9. The molecule has 0 amide bonds. The van der Waals surface area contributed by atoms with E-state index < -0.39 is 0 Å². The first-order valence-electron chi connectivity index (χ1n) is 35.3. The third kappa shape index (κ3) is 13.9. The molecule has 13 aromatic carbocycles. The predicted molar refractivity (Wildman–Crippen MR) is 443 cm³/mol. The van der Waals surface area contributed by atoms with E-state index in [2.05, 4.69) is 289 Å². The van der Waals surface area contributed by atoms with Crippen LogP contribution in [0.25, 0.3) is 162 Å². The van der Waals surface area contributed by atoms with Crippen molar-refractivity contribution in [3.05, 3.63) is 359 Å². The minimum absolute atomic E-state index is 0.143. The predicted octanol–water partition coefficient (Wildman–Crippen LogP) is 24.8. The zero-order valence-corrected chi connectivity index (χ0v) is 59.8. The maximum atomic E-state index is 10.0. The Balaban J connectivity index is 0.000000141. The Kier molecular flexibility index (Phi) is 20.2. The van der Waals surface area contributed by atoms with Gasteiger partial charge in [-0.05, 0) is 134 Å². The lowest BCUT2D eigenvalue weighted by atomic mass is 10.1. The molecule has 0 aliphatic heterocycles. The van der Waals surface area contributed by atoms with Gasteiger partial charge in [0.25, 0.3) is 0 Å². The van der Waals surface area contributed by atoms with Crippen LogP contribution in [0.3, 0.4) is 0 Å². The summed E-state index contributed by atoms with van der Waals surface area (Å²) in [5, 5.41) is 37.5. The van der Waals surface area contributed by atoms with Crippen LogP contribution in [0.4, 0.5) is 0 Å². The molecule has 13 heteroatoms. The van der Waals surface area contributed by atoms with E-state index in [1.165, 1.54) is 48.7 Å². The molecule has 520 valence electrons. The summed E-state index contributed by atoms with van der Waals surface area (Å²) in [5.41, 5.74) is 17.2. The Hall–Kier alpha value is -13.8. The quantitative estimate of drug-likeness (QED) is 0.0893. The number of ether oxygens (including phenoxy) is 1. The smallest absolute Gasteiger partial charge is 0.248 e. The van der Waals surface area contributed by atoms with Gasteiger partial charge in [-0.15, -0.1) is 32.0 Å². The van der Waals surface area contributed by atoms with E-state index >= 15 is 0 Å². The molecule has 1 N–H and O–H groups in total. The minimum Gasteiger partial charge on any atom is -0.508 e. The fourth-order valence-corrected chi connectivity index (χ4v) is 13.9. The van der Waals surface area contributed by atoms with Gasteiger partial charge in [0.15, 0.2) is 0 Å². The minimum atomic E-state index is 0.143. The molecule has 0 saturated heterocycles. The van der Waals surface area contributed by atoms with Gasteiger partial charge in [0.1, 0.15) is 11.5 Å². The molecule has 6 aromatic heterocycles. The zero-order chi connectivity index (χ0) is 73.2. The van der Waals surface area contributed by atoms with Crippen LogP contribution in [-0.4, -0.2) is 56.3 Å². The molecule has 107 heavy (non-hydrogen) atoms. The largest absolute Gasteiger partial charge is 0.508 e. The number of allylic oxidation sites excluding steroid dienone is 4. The zero-order valence-electron chi connectivity index (χ0n) is 59.0.